The molecule has 0 aromatic heterocycles. The number of rotatable bonds is 2. The summed E-state index contributed by atoms with van der Waals surface area (Å²) in [6.45, 7) is 0. The van der Waals surface area contributed by atoms with Crippen molar-refractivity contribution in [2.75, 3.05) is 5.32 Å². The molecule has 2 aromatic carbocycles. The van der Waals surface area contributed by atoms with E-state index in [9.17, 15) is 8.78 Å². The molecule has 3 rings (SSSR count). The summed E-state index contributed by atoms with van der Waals surface area (Å²) in [6.07, 6.45) is 1.78. The second-order valence-corrected chi connectivity index (χ2v) is 5.31. The fraction of sp³-hybridized carbons (Fsp3) is 0.125. The lowest BCUT2D eigenvalue weighted by Gasteiger charge is -2.09. The van der Waals surface area contributed by atoms with E-state index in [-0.39, 0.29) is 10.8 Å². The molecule has 0 spiro atoms. The summed E-state index contributed by atoms with van der Waals surface area (Å²) in [5.74, 6) is -1.34. The average Bonchev–Trinajstić information content (AvgIpc) is 2.91. The molecule has 0 atom stereocenters. The molecule has 3 nitrogen and oxygen atoms in total. The Kier molecular flexibility index (Phi) is 4.11. The molecule has 0 saturated carbocycles. The largest absolute Gasteiger partial charge is 0.329 e. The number of nitrogens with one attached hydrogen (secondary N) is 2. The third-order valence-electron chi connectivity index (χ3n) is 3.43. The van der Waals surface area contributed by atoms with Crippen LogP contribution in [-0.2, 0) is 6.42 Å². The first kappa shape index (κ1) is 14.6. The zero-order valence-corrected chi connectivity index (χ0v) is 12.4. The summed E-state index contributed by atoms with van der Waals surface area (Å²) < 4.78 is 26.4. The van der Waals surface area contributed by atoms with Crippen LogP contribution in [0.2, 0.25) is 0 Å². The predicted molar refractivity (Wildman–Crippen MR) is 87.0 cm³/mol. The van der Waals surface area contributed by atoms with E-state index in [1.54, 1.807) is 0 Å². The van der Waals surface area contributed by atoms with Gasteiger partial charge < -0.3 is 5.32 Å². The Morgan fingerprint density at radius 3 is 2.73 bits per heavy atom. The first-order chi connectivity index (χ1) is 10.6. The van der Waals surface area contributed by atoms with Crippen LogP contribution in [-0.4, -0.2) is 10.8 Å². The highest BCUT2D eigenvalue weighted by molar-refractivity contribution is 7.80. The maximum Gasteiger partial charge on any atom is 0.191 e. The van der Waals surface area contributed by atoms with Crippen LogP contribution >= 0.6 is 12.2 Å². The number of hydrazone groups is 1. The van der Waals surface area contributed by atoms with E-state index in [2.05, 4.69) is 21.9 Å². The number of hydrogen-bond donors (Lipinski definition) is 2. The highest BCUT2D eigenvalue weighted by atomic mass is 32.1. The lowest BCUT2D eigenvalue weighted by atomic mass is 10.1. The van der Waals surface area contributed by atoms with Crippen LogP contribution in [0.5, 0.6) is 0 Å². The van der Waals surface area contributed by atoms with Gasteiger partial charge in [0.1, 0.15) is 11.6 Å². The summed E-state index contributed by atoms with van der Waals surface area (Å²) in [7, 11) is 0. The monoisotopic (exact) mass is 317 g/mol. The fourth-order valence-corrected chi connectivity index (χ4v) is 2.54. The van der Waals surface area contributed by atoms with Gasteiger partial charge in [-0.25, -0.2) is 8.78 Å². The van der Waals surface area contributed by atoms with E-state index in [1.807, 2.05) is 18.2 Å². The van der Waals surface area contributed by atoms with Crippen molar-refractivity contribution in [3.05, 3.63) is 65.2 Å². The Balaban J connectivity index is 1.67. The molecule has 0 fully saturated rings. The molecule has 112 valence electrons. The van der Waals surface area contributed by atoms with Crippen LogP contribution in [0, 0.1) is 11.6 Å². The minimum absolute atomic E-state index is 0.103. The van der Waals surface area contributed by atoms with Gasteiger partial charge >= 0.3 is 0 Å². The Bertz CT molecular complexity index is 759. The summed E-state index contributed by atoms with van der Waals surface area (Å²) in [5.41, 5.74) is 6.08. The van der Waals surface area contributed by atoms with Crippen LogP contribution in [0.3, 0.4) is 0 Å². The van der Waals surface area contributed by atoms with E-state index >= 15 is 0 Å². The minimum Gasteiger partial charge on any atom is -0.329 e. The number of aryl methyl sites for hydroxylation is 1. The number of thiocarbonyl (C=S) groups is 1. The second kappa shape index (κ2) is 6.19. The Hall–Kier alpha value is -2.34. The predicted octanol–water partition coefficient (Wildman–Crippen LogP) is 3.60. The van der Waals surface area contributed by atoms with Crippen molar-refractivity contribution in [1.29, 1.82) is 0 Å². The number of benzene rings is 2. The third kappa shape index (κ3) is 3.12. The first-order valence-corrected chi connectivity index (χ1v) is 7.21. The number of halogens is 2. The van der Waals surface area contributed by atoms with Crippen molar-refractivity contribution in [2.45, 2.75) is 12.8 Å². The fourth-order valence-electron chi connectivity index (χ4n) is 2.38. The molecular formula is C16H13F2N3S. The van der Waals surface area contributed by atoms with Crippen molar-refractivity contribution in [2.24, 2.45) is 5.10 Å². The van der Waals surface area contributed by atoms with Crippen molar-refractivity contribution >= 4 is 28.7 Å². The van der Waals surface area contributed by atoms with Gasteiger partial charge in [-0.3, -0.25) is 5.43 Å². The number of fused-ring (bicyclic) bond motifs is 1. The van der Waals surface area contributed by atoms with Crippen molar-refractivity contribution in [1.82, 2.24) is 5.43 Å². The van der Waals surface area contributed by atoms with Gasteiger partial charge in [-0.1, -0.05) is 24.3 Å². The SMILES string of the molecule is Fc1ccc(NC(=S)N/N=C2/CCc3ccccc32)c(F)c1. The molecule has 0 saturated heterocycles. The van der Waals surface area contributed by atoms with Crippen LogP contribution in [0.15, 0.2) is 47.6 Å². The smallest absolute Gasteiger partial charge is 0.191 e. The average molecular weight is 317 g/mol. The van der Waals surface area contributed by atoms with Gasteiger partial charge in [0.25, 0.3) is 0 Å². The van der Waals surface area contributed by atoms with E-state index in [1.165, 1.54) is 11.6 Å². The molecule has 0 unspecified atom stereocenters. The van der Waals surface area contributed by atoms with Gasteiger partial charge in [0.2, 0.25) is 0 Å². The van der Waals surface area contributed by atoms with Gasteiger partial charge in [0.05, 0.1) is 11.4 Å². The lowest BCUT2D eigenvalue weighted by molar-refractivity contribution is 0.586. The zero-order valence-electron chi connectivity index (χ0n) is 11.6. The van der Waals surface area contributed by atoms with E-state index in [0.717, 1.165) is 36.2 Å². The van der Waals surface area contributed by atoms with Gasteiger partial charge in [0, 0.05) is 11.6 Å². The molecule has 0 bridgehead atoms. The van der Waals surface area contributed by atoms with Crippen molar-refractivity contribution in [3.63, 3.8) is 0 Å². The highest BCUT2D eigenvalue weighted by Gasteiger charge is 2.16. The molecule has 2 N–H and O–H groups in total. The normalized spacial score (nSPS) is 14.7. The van der Waals surface area contributed by atoms with Crippen LogP contribution in [0.25, 0.3) is 0 Å². The van der Waals surface area contributed by atoms with Crippen LogP contribution in [0.1, 0.15) is 17.5 Å². The molecule has 0 amide bonds. The highest BCUT2D eigenvalue weighted by Crippen LogP contribution is 2.21. The standard InChI is InChI=1S/C16H13F2N3S/c17-11-6-8-15(13(18)9-11)19-16(22)21-20-14-7-5-10-3-1-2-4-12(10)14/h1-4,6,8-9H,5,7H2,(H2,19,21,22)/b20-14-. The molecule has 6 heteroatoms. The Morgan fingerprint density at radius 2 is 1.91 bits per heavy atom. The molecule has 0 aliphatic heterocycles. The molecule has 2 aromatic rings. The molecule has 0 radical (unpaired) electrons. The molecule has 0 heterocycles. The summed E-state index contributed by atoms with van der Waals surface area (Å²) in [4.78, 5) is 0. The van der Waals surface area contributed by atoms with E-state index in [0.29, 0.717) is 0 Å². The number of hydrogen-bond acceptors (Lipinski definition) is 2. The van der Waals surface area contributed by atoms with Gasteiger partial charge in [-0.2, -0.15) is 5.10 Å². The maximum absolute atomic E-state index is 13.5. The van der Waals surface area contributed by atoms with Gasteiger partial charge in [-0.15, -0.1) is 0 Å². The van der Waals surface area contributed by atoms with E-state index < -0.39 is 11.6 Å². The number of anilines is 1. The minimum atomic E-state index is -0.706. The zero-order chi connectivity index (χ0) is 15.5. The first-order valence-electron chi connectivity index (χ1n) is 6.80. The van der Waals surface area contributed by atoms with Crippen molar-refractivity contribution < 1.29 is 8.78 Å². The molecule has 22 heavy (non-hydrogen) atoms. The summed E-state index contributed by atoms with van der Waals surface area (Å²) in [6, 6.07) is 11.3. The maximum atomic E-state index is 13.5. The van der Waals surface area contributed by atoms with E-state index in [4.69, 9.17) is 12.2 Å². The molecule has 1 aliphatic carbocycles. The topological polar surface area (TPSA) is 36.4 Å². The van der Waals surface area contributed by atoms with Crippen LogP contribution in [0.4, 0.5) is 14.5 Å². The number of nitrogens with zero attached hydrogens (tertiary/aromatic N) is 1. The quantitative estimate of drug-likeness (QED) is 0.656. The second-order valence-electron chi connectivity index (χ2n) is 4.91. The Labute approximate surface area is 132 Å². The summed E-state index contributed by atoms with van der Waals surface area (Å²) >= 11 is 5.07. The van der Waals surface area contributed by atoms with Gasteiger partial charge in [0.15, 0.2) is 5.11 Å². The van der Waals surface area contributed by atoms with Gasteiger partial charge in [-0.05, 0) is 42.8 Å². The molecular weight excluding hydrogens is 304 g/mol. The summed E-state index contributed by atoms with van der Waals surface area (Å²) in [5, 5.41) is 7.09. The Morgan fingerprint density at radius 1 is 1.09 bits per heavy atom. The van der Waals surface area contributed by atoms with Crippen LogP contribution < -0.4 is 10.7 Å². The van der Waals surface area contributed by atoms with Crippen molar-refractivity contribution in [3.8, 4) is 0 Å². The molecule has 1 aliphatic rings. The lowest BCUT2D eigenvalue weighted by Crippen LogP contribution is -2.25. The third-order valence-corrected chi connectivity index (χ3v) is 3.62.